The van der Waals surface area contributed by atoms with Crippen molar-refractivity contribution in [2.45, 2.75) is 71.0 Å². The molecule has 0 saturated carbocycles. The maximum absolute atomic E-state index is 11.6. The van der Waals surface area contributed by atoms with Crippen LogP contribution in [0, 0.1) is 11.3 Å². The summed E-state index contributed by atoms with van der Waals surface area (Å²) in [4.78, 5) is 27.0. The van der Waals surface area contributed by atoms with Gasteiger partial charge in [-0.2, -0.15) is 5.26 Å². The number of fused-ring (bicyclic) bond motifs is 1. The number of anilines is 3. The molecule has 0 unspecified atom stereocenters. The molecule has 0 spiro atoms. The molecule has 0 fully saturated rings. The van der Waals surface area contributed by atoms with E-state index in [9.17, 15) is 10.1 Å². The largest absolute Gasteiger partial charge is 0.476 e. The molecule has 0 bridgehead atoms. The van der Waals surface area contributed by atoms with Crippen LogP contribution in [0.5, 0.6) is 5.88 Å². The Labute approximate surface area is 251 Å². The van der Waals surface area contributed by atoms with E-state index in [2.05, 4.69) is 75.1 Å². The number of nitriles is 1. The van der Waals surface area contributed by atoms with Crippen molar-refractivity contribution in [1.29, 1.82) is 5.26 Å². The molecule has 219 valence electrons. The number of rotatable bonds is 12. The second-order valence-corrected chi connectivity index (χ2v) is 17.3. The molecule has 0 aliphatic carbocycles. The van der Waals surface area contributed by atoms with Gasteiger partial charge in [0.2, 0.25) is 11.8 Å². The van der Waals surface area contributed by atoms with Gasteiger partial charge in [-0.3, -0.25) is 0 Å². The highest BCUT2D eigenvalue weighted by atomic mass is 28.4. The lowest BCUT2D eigenvalue weighted by Gasteiger charge is -2.39. The summed E-state index contributed by atoms with van der Waals surface area (Å²) < 4.78 is 12.5. The van der Waals surface area contributed by atoms with Gasteiger partial charge < -0.3 is 24.1 Å². The van der Waals surface area contributed by atoms with Crippen molar-refractivity contribution in [1.82, 2.24) is 15.0 Å². The summed E-state index contributed by atoms with van der Waals surface area (Å²) in [6.07, 6.45) is 6.10. The van der Waals surface area contributed by atoms with Crippen LogP contribution in [-0.4, -0.2) is 56.6 Å². The number of unbranched alkanes of at least 4 members (excludes halogenated alkanes) is 1. The summed E-state index contributed by atoms with van der Waals surface area (Å²) in [7, 11) is -0.551. The zero-order chi connectivity index (χ0) is 30.5. The number of ether oxygens (including phenoxy) is 1. The van der Waals surface area contributed by atoms with E-state index in [0.29, 0.717) is 48.5 Å². The predicted octanol–water partition coefficient (Wildman–Crippen LogP) is 6.24. The van der Waals surface area contributed by atoms with Crippen LogP contribution in [0.25, 0.3) is 11.3 Å². The van der Waals surface area contributed by atoms with Crippen molar-refractivity contribution in [3.05, 3.63) is 53.9 Å². The highest BCUT2D eigenvalue weighted by Crippen LogP contribution is 2.46. The number of nitrogens with zero attached hydrogens (tertiary/aromatic N) is 5. The summed E-state index contributed by atoms with van der Waals surface area (Å²) in [5, 5.41) is 13.5. The third-order valence-electron chi connectivity index (χ3n) is 8.19. The first-order valence-corrected chi connectivity index (χ1v) is 17.3. The molecule has 0 saturated heterocycles. The molecular weight excluding hydrogens is 543 g/mol. The number of carbonyl (C=O) groups is 1. The predicted molar refractivity (Wildman–Crippen MR) is 170 cm³/mol. The summed E-state index contributed by atoms with van der Waals surface area (Å²) in [5.74, 6) is 0.882. The Morgan fingerprint density at radius 3 is 2.71 bits per heavy atom. The number of pyridine rings is 1. The monoisotopic (exact) mass is 583 g/mol. The molecule has 3 aromatic rings. The summed E-state index contributed by atoms with van der Waals surface area (Å²) >= 11 is 0. The van der Waals surface area contributed by atoms with E-state index in [1.165, 1.54) is 7.41 Å². The van der Waals surface area contributed by atoms with Gasteiger partial charge in [-0.25, -0.2) is 15.0 Å². The number of aromatic nitrogens is 3. The summed E-state index contributed by atoms with van der Waals surface area (Å²) in [5.41, 5.74) is 3.85. The molecule has 9 nitrogen and oxygen atoms in total. The fourth-order valence-electron chi connectivity index (χ4n) is 4.67. The van der Waals surface area contributed by atoms with Gasteiger partial charge in [0.1, 0.15) is 17.9 Å². The number of hydrogen-bond donors (Lipinski definition) is 1. The van der Waals surface area contributed by atoms with Crippen molar-refractivity contribution < 1.29 is 14.0 Å². The molecule has 11 heteroatoms. The second-order valence-electron chi connectivity index (χ2n) is 12.5. The normalized spacial score (nSPS) is 16.5. The van der Waals surface area contributed by atoms with Gasteiger partial charge in [-0.15, -0.1) is 0 Å². The minimum atomic E-state index is -2.05. The summed E-state index contributed by atoms with van der Waals surface area (Å²) in [6.45, 7) is 17.0. The Balaban J connectivity index is 1.70. The third-order valence-corrected chi connectivity index (χ3v) is 12.7. The molecule has 3 heterocycles. The lowest BCUT2D eigenvalue weighted by molar-refractivity contribution is 0.219. The van der Waals surface area contributed by atoms with E-state index in [-0.39, 0.29) is 5.04 Å². The quantitative estimate of drug-likeness (QED) is 0.150. The minimum Gasteiger partial charge on any atom is -0.476 e. The Hall–Kier alpha value is -3.75. The van der Waals surface area contributed by atoms with E-state index in [1.54, 1.807) is 12.4 Å². The van der Waals surface area contributed by atoms with Crippen molar-refractivity contribution in [2.24, 2.45) is 0 Å². The van der Waals surface area contributed by atoms with Crippen LogP contribution in [0.1, 0.15) is 58.6 Å². The van der Waals surface area contributed by atoms with Crippen molar-refractivity contribution in [3.63, 3.8) is 0 Å². The maximum Gasteiger partial charge on any atom is 0.329 e. The van der Waals surface area contributed by atoms with E-state index in [0.717, 1.165) is 35.8 Å². The molecule has 1 N–H and O–H groups in total. The average molecular weight is 584 g/mol. The van der Waals surface area contributed by atoms with Crippen LogP contribution < -0.4 is 14.9 Å². The van der Waals surface area contributed by atoms with Gasteiger partial charge in [0.05, 0.1) is 17.9 Å². The Kier molecular flexibility index (Phi) is 9.38. The van der Waals surface area contributed by atoms with Crippen LogP contribution in [0.3, 0.4) is 0 Å². The van der Waals surface area contributed by atoms with Crippen LogP contribution in [0.4, 0.5) is 17.3 Å². The third kappa shape index (κ3) is 6.66. The van der Waals surface area contributed by atoms with Gasteiger partial charge >= 0.3 is 7.41 Å². The number of hydrogen-bond acceptors (Lipinski definition) is 9. The van der Waals surface area contributed by atoms with Crippen LogP contribution in [-0.2, 0) is 14.6 Å². The molecular formula is C31H40BN6O3Si. The maximum atomic E-state index is 11.6. The Bertz CT molecular complexity index is 1470. The van der Waals surface area contributed by atoms with Gasteiger partial charge in [-0.05, 0) is 60.4 Å². The molecule has 1 radical (unpaired) electrons. The molecule has 1 aliphatic heterocycles. The number of nitrogens with one attached hydrogen (secondary N) is 1. The highest BCUT2D eigenvalue weighted by molar-refractivity contribution is 6.74. The zero-order valence-corrected chi connectivity index (χ0v) is 26.7. The van der Waals surface area contributed by atoms with Crippen molar-refractivity contribution in [3.8, 4) is 23.2 Å². The van der Waals surface area contributed by atoms with E-state index in [4.69, 9.17) is 14.1 Å². The highest BCUT2D eigenvalue weighted by Gasteiger charge is 2.44. The molecule has 42 heavy (non-hydrogen) atoms. The molecule has 2 aromatic heterocycles. The molecule has 0 amide bonds. The van der Waals surface area contributed by atoms with Gasteiger partial charge in [0.15, 0.2) is 8.32 Å². The van der Waals surface area contributed by atoms with Crippen LogP contribution >= 0.6 is 0 Å². The SMILES string of the molecule is CCCCOc1ncccc1Nc1nccc(-c2cc(C#N)c3c(c2)[C@@](C)(CO[Si](C)(C)C(C)(C)C)CN3[B]C=O)n1. The molecule has 1 aromatic carbocycles. The number of benzene rings is 1. The minimum absolute atomic E-state index is 0.0542. The van der Waals surface area contributed by atoms with Crippen LogP contribution in [0.15, 0.2) is 42.7 Å². The van der Waals surface area contributed by atoms with E-state index < -0.39 is 13.7 Å². The zero-order valence-electron chi connectivity index (χ0n) is 25.7. The molecule has 4 rings (SSSR count). The van der Waals surface area contributed by atoms with Gasteiger partial charge in [-0.1, -0.05) is 41.0 Å². The standard InChI is InChI=1S/C31H40BN6O3Si/c1-8-9-15-40-28-26(11-10-13-34-28)37-29-35-14-12-25(36-29)22-16-23(18-33)27-24(17-22)31(5,19-38(27)32-21-39)20-41-42(6,7)30(2,3)4/h10-14,16-17,21H,8-9,15,19-20H2,1-7H3,(H,35,36,37)/t31-/m1/s1. The van der Waals surface area contributed by atoms with E-state index in [1.807, 2.05) is 29.1 Å². The topological polar surface area (TPSA) is 113 Å². The average Bonchev–Trinajstić information content (AvgIpc) is 3.24. The van der Waals surface area contributed by atoms with Gasteiger partial charge in [0, 0.05) is 42.2 Å². The fraction of sp³-hybridized carbons (Fsp3) is 0.452. The smallest absolute Gasteiger partial charge is 0.329 e. The van der Waals surface area contributed by atoms with Gasteiger partial charge in [0.25, 0.3) is 0 Å². The fourth-order valence-corrected chi connectivity index (χ4v) is 5.78. The Morgan fingerprint density at radius 1 is 1.24 bits per heavy atom. The summed E-state index contributed by atoms with van der Waals surface area (Å²) in [6, 6.07) is 11.8. The van der Waals surface area contributed by atoms with E-state index >= 15 is 0 Å². The first-order chi connectivity index (χ1) is 19.9. The number of carbonyl (C=O) groups excluding carboxylic acids is 1. The van der Waals surface area contributed by atoms with Crippen LogP contribution in [0.2, 0.25) is 18.1 Å². The first kappa shape index (κ1) is 31.2. The lowest BCUT2D eigenvalue weighted by Crippen LogP contribution is -2.46. The Morgan fingerprint density at radius 2 is 2.02 bits per heavy atom. The van der Waals surface area contributed by atoms with Crippen molar-refractivity contribution >= 4 is 39.2 Å². The lowest BCUT2D eigenvalue weighted by atomic mass is 9.83. The molecule has 1 aliphatic rings. The first-order valence-electron chi connectivity index (χ1n) is 14.4. The molecule has 1 atom stereocenters. The second kappa shape index (κ2) is 12.6. The van der Waals surface area contributed by atoms with Crippen molar-refractivity contribution in [2.75, 3.05) is 29.9 Å².